The molecule has 1 saturated heterocycles. The van der Waals surface area contributed by atoms with E-state index in [1.54, 1.807) is 6.92 Å². The van der Waals surface area contributed by atoms with Crippen molar-refractivity contribution in [3.05, 3.63) is 64.6 Å². The molecule has 0 saturated carbocycles. The standard InChI is InChI=1S/C25H28F3N5O7S2/c1-16-13-20(42(38,39)30-15-21(29)34)6-5-17(16)7-12-41(36,37)33-10-8-24(9-11-33)23(35)31-22(32-24)18-3-2-4-19(14-18)40-25(26,27)28/h2-7,12-14,21,30,34H,8-11,15,29H2,1H3,(H,31,32,35)/b12-7+. The van der Waals surface area contributed by atoms with E-state index in [1.807, 2.05) is 0 Å². The Bertz CT molecular complexity index is 1630. The monoisotopic (exact) mass is 631 g/mol. The maximum atomic E-state index is 13.0. The van der Waals surface area contributed by atoms with Gasteiger partial charge in [0.25, 0.3) is 5.91 Å². The van der Waals surface area contributed by atoms with E-state index in [9.17, 15) is 34.8 Å². The van der Waals surface area contributed by atoms with E-state index in [0.29, 0.717) is 11.1 Å². The third kappa shape index (κ3) is 7.34. The van der Waals surface area contributed by atoms with Crippen LogP contribution in [0.4, 0.5) is 13.2 Å². The minimum absolute atomic E-state index is 0.0388. The number of sulfonamides is 2. The number of amides is 1. The predicted molar refractivity (Wildman–Crippen MR) is 146 cm³/mol. The second-order valence-corrected chi connectivity index (χ2v) is 13.3. The molecule has 0 bridgehead atoms. The molecule has 2 aromatic carbocycles. The SMILES string of the molecule is Cc1cc(S(=O)(=O)NCC(N)O)ccc1/C=C/S(=O)(=O)N1CCC2(CC1)N=C(c1cccc(OC(F)(F)F)c1)NC2=O. The first kappa shape index (κ1) is 31.6. The highest BCUT2D eigenvalue weighted by molar-refractivity contribution is 7.92. The summed E-state index contributed by atoms with van der Waals surface area (Å²) in [5.74, 6) is -0.882. The van der Waals surface area contributed by atoms with Crippen LogP contribution in [0, 0.1) is 6.92 Å². The van der Waals surface area contributed by atoms with Crippen LogP contribution in [-0.4, -0.2) is 75.8 Å². The van der Waals surface area contributed by atoms with E-state index in [1.165, 1.54) is 40.7 Å². The Hall–Kier alpha value is -3.35. The lowest BCUT2D eigenvalue weighted by atomic mass is 9.89. The Morgan fingerprint density at radius 3 is 2.50 bits per heavy atom. The Balaban J connectivity index is 1.44. The number of nitrogens with one attached hydrogen (secondary N) is 2. The molecule has 2 aliphatic rings. The Morgan fingerprint density at radius 2 is 1.88 bits per heavy atom. The number of carbonyl (C=O) groups excluding carboxylic acids is 1. The van der Waals surface area contributed by atoms with Crippen LogP contribution in [0.1, 0.15) is 29.5 Å². The first-order valence-corrected chi connectivity index (χ1v) is 15.5. The van der Waals surface area contributed by atoms with Gasteiger partial charge in [0, 0.05) is 24.1 Å². The zero-order chi connectivity index (χ0) is 30.9. The maximum Gasteiger partial charge on any atom is 0.573 e. The van der Waals surface area contributed by atoms with Gasteiger partial charge in [-0.3, -0.25) is 9.79 Å². The van der Waals surface area contributed by atoms with Crippen molar-refractivity contribution in [2.45, 2.75) is 42.8 Å². The quantitative estimate of drug-likeness (QED) is 0.298. The molecule has 1 spiro atoms. The number of hydrogen-bond acceptors (Lipinski definition) is 9. The minimum atomic E-state index is -4.89. The number of aliphatic imine (C=N–C) groups is 1. The van der Waals surface area contributed by atoms with Gasteiger partial charge in [-0.15, -0.1) is 13.2 Å². The molecule has 2 aliphatic heterocycles. The fraction of sp³-hybridized carbons (Fsp3) is 0.360. The van der Waals surface area contributed by atoms with Gasteiger partial charge in [0.05, 0.1) is 11.4 Å². The summed E-state index contributed by atoms with van der Waals surface area (Å²) >= 11 is 0. The molecule has 1 fully saturated rings. The number of alkyl halides is 3. The molecule has 2 aromatic rings. The first-order chi connectivity index (χ1) is 19.5. The summed E-state index contributed by atoms with van der Waals surface area (Å²) in [6, 6.07) is 9.09. The molecule has 1 atom stereocenters. The van der Waals surface area contributed by atoms with Gasteiger partial charge in [0.2, 0.25) is 20.0 Å². The number of carbonyl (C=O) groups is 1. The van der Waals surface area contributed by atoms with Gasteiger partial charge in [0.15, 0.2) is 0 Å². The lowest BCUT2D eigenvalue weighted by Gasteiger charge is -2.34. The largest absolute Gasteiger partial charge is 0.573 e. The zero-order valence-corrected chi connectivity index (χ0v) is 23.8. The van der Waals surface area contributed by atoms with Crippen molar-refractivity contribution in [1.82, 2.24) is 14.3 Å². The predicted octanol–water partition coefficient (Wildman–Crippen LogP) is 1.16. The lowest BCUT2D eigenvalue weighted by molar-refractivity contribution is -0.274. The van der Waals surface area contributed by atoms with Crippen molar-refractivity contribution in [1.29, 1.82) is 0 Å². The van der Waals surface area contributed by atoms with Crippen molar-refractivity contribution in [2.75, 3.05) is 19.6 Å². The van der Waals surface area contributed by atoms with Gasteiger partial charge >= 0.3 is 6.36 Å². The van der Waals surface area contributed by atoms with Crippen molar-refractivity contribution in [3.63, 3.8) is 0 Å². The van der Waals surface area contributed by atoms with Gasteiger partial charge in [0.1, 0.15) is 23.4 Å². The summed E-state index contributed by atoms with van der Waals surface area (Å²) in [7, 11) is -7.87. The average molecular weight is 632 g/mol. The second kappa shape index (κ2) is 11.7. The van der Waals surface area contributed by atoms with Gasteiger partial charge in [-0.1, -0.05) is 18.2 Å². The van der Waals surface area contributed by atoms with Gasteiger partial charge < -0.3 is 20.9 Å². The molecule has 1 amide bonds. The average Bonchev–Trinajstić information content (AvgIpc) is 3.21. The van der Waals surface area contributed by atoms with E-state index in [0.717, 1.165) is 17.5 Å². The number of amidine groups is 1. The lowest BCUT2D eigenvalue weighted by Crippen LogP contribution is -2.50. The minimum Gasteiger partial charge on any atom is -0.406 e. The number of piperidine rings is 1. The van der Waals surface area contributed by atoms with Gasteiger partial charge in [-0.05, 0) is 61.2 Å². The first-order valence-electron chi connectivity index (χ1n) is 12.5. The van der Waals surface area contributed by atoms with E-state index in [4.69, 9.17) is 10.8 Å². The molecule has 12 nitrogen and oxygen atoms in total. The fourth-order valence-electron chi connectivity index (χ4n) is 4.47. The molecule has 0 aliphatic carbocycles. The van der Waals surface area contributed by atoms with E-state index < -0.39 is 49.8 Å². The summed E-state index contributed by atoms with van der Waals surface area (Å²) in [5, 5.41) is 12.7. The highest BCUT2D eigenvalue weighted by Gasteiger charge is 2.47. The molecule has 5 N–H and O–H groups in total. The number of aryl methyl sites for hydroxylation is 1. The summed E-state index contributed by atoms with van der Waals surface area (Å²) < 4.78 is 95.8. The van der Waals surface area contributed by atoms with Crippen LogP contribution in [-0.2, 0) is 24.8 Å². The highest BCUT2D eigenvalue weighted by atomic mass is 32.2. The highest BCUT2D eigenvalue weighted by Crippen LogP contribution is 2.33. The zero-order valence-electron chi connectivity index (χ0n) is 22.1. The summed E-state index contributed by atoms with van der Waals surface area (Å²) in [4.78, 5) is 17.2. The second-order valence-electron chi connectivity index (χ2n) is 9.71. The van der Waals surface area contributed by atoms with Crippen molar-refractivity contribution < 1.29 is 44.6 Å². The van der Waals surface area contributed by atoms with Gasteiger partial charge in [-0.25, -0.2) is 21.6 Å². The van der Waals surface area contributed by atoms with Crippen LogP contribution in [0.15, 0.2) is 57.8 Å². The van der Waals surface area contributed by atoms with Crippen LogP contribution >= 0.6 is 0 Å². The van der Waals surface area contributed by atoms with E-state index in [2.05, 4.69) is 19.8 Å². The summed E-state index contributed by atoms with van der Waals surface area (Å²) in [6.07, 6.45) is -4.83. The molecule has 228 valence electrons. The number of halogens is 3. The molecule has 0 radical (unpaired) electrons. The number of hydrogen-bond donors (Lipinski definition) is 4. The van der Waals surface area contributed by atoms with Crippen LogP contribution in [0.3, 0.4) is 0 Å². The molecular formula is C25H28F3N5O7S2. The molecule has 42 heavy (non-hydrogen) atoms. The van der Waals surface area contributed by atoms with Crippen LogP contribution in [0.25, 0.3) is 6.08 Å². The Kier molecular flexibility index (Phi) is 8.82. The van der Waals surface area contributed by atoms with Crippen molar-refractivity contribution in [2.24, 2.45) is 10.7 Å². The smallest absolute Gasteiger partial charge is 0.406 e. The third-order valence-corrected chi connectivity index (χ3v) is 9.67. The number of ether oxygens (including phenoxy) is 1. The summed E-state index contributed by atoms with van der Waals surface area (Å²) in [6.45, 7) is 1.15. The molecule has 0 aromatic heterocycles. The van der Waals surface area contributed by atoms with Crippen LogP contribution in [0.2, 0.25) is 0 Å². The van der Waals surface area contributed by atoms with Crippen molar-refractivity contribution in [3.8, 4) is 5.75 Å². The number of nitrogens with zero attached hydrogens (tertiary/aromatic N) is 2. The number of aliphatic hydroxyl groups is 1. The van der Waals surface area contributed by atoms with E-state index in [-0.39, 0.29) is 48.8 Å². The number of benzene rings is 2. The summed E-state index contributed by atoms with van der Waals surface area (Å²) in [5.41, 5.74) is 5.03. The van der Waals surface area contributed by atoms with Gasteiger partial charge in [-0.2, -0.15) is 4.31 Å². The molecule has 1 unspecified atom stereocenters. The molecular weight excluding hydrogens is 603 g/mol. The number of nitrogens with two attached hydrogens (primary N) is 1. The topological polar surface area (TPSA) is 180 Å². The third-order valence-electron chi connectivity index (χ3n) is 6.68. The molecule has 2 heterocycles. The Labute approximate surface area is 240 Å². The number of rotatable bonds is 9. The molecule has 4 rings (SSSR count). The van der Waals surface area contributed by atoms with Crippen molar-refractivity contribution >= 4 is 37.9 Å². The van der Waals surface area contributed by atoms with E-state index >= 15 is 0 Å². The number of aliphatic hydroxyl groups excluding tert-OH is 1. The van der Waals surface area contributed by atoms with Crippen LogP contribution < -0.4 is 20.5 Å². The van der Waals surface area contributed by atoms with Crippen LogP contribution in [0.5, 0.6) is 5.75 Å². The Morgan fingerprint density at radius 1 is 1.19 bits per heavy atom. The normalized spacial score (nSPS) is 18.7. The maximum absolute atomic E-state index is 13.0. The fourth-order valence-corrected chi connectivity index (χ4v) is 6.79. The molecule has 17 heteroatoms.